The number of nitrogens with zero attached hydrogens (tertiary/aromatic N) is 3. The lowest BCUT2D eigenvalue weighted by atomic mass is 9.95. The predicted molar refractivity (Wildman–Crippen MR) is 92.4 cm³/mol. The van der Waals surface area contributed by atoms with Crippen LogP contribution in [-0.4, -0.2) is 35.5 Å². The third-order valence-electron chi connectivity index (χ3n) is 3.75. The zero-order valence-corrected chi connectivity index (χ0v) is 15.1. The van der Waals surface area contributed by atoms with Gasteiger partial charge in [-0.15, -0.1) is 10.2 Å². The first-order valence-corrected chi connectivity index (χ1v) is 9.54. The van der Waals surface area contributed by atoms with Crippen LogP contribution in [0.5, 0.6) is 5.75 Å². The fraction of sp³-hybridized carbons (Fsp3) is 0.562. The van der Waals surface area contributed by atoms with E-state index in [-0.39, 0.29) is 0 Å². The lowest BCUT2D eigenvalue weighted by Crippen LogP contribution is -2.12. The molecule has 1 aliphatic carbocycles. The molecule has 0 amide bonds. The highest BCUT2D eigenvalue weighted by molar-refractivity contribution is 8.01. The molecular formula is C16H21N3O2S2. The van der Waals surface area contributed by atoms with Gasteiger partial charge in [0.05, 0.1) is 17.6 Å². The summed E-state index contributed by atoms with van der Waals surface area (Å²) in [6, 6.07) is 1.98. The highest BCUT2D eigenvalue weighted by Crippen LogP contribution is 2.45. The summed E-state index contributed by atoms with van der Waals surface area (Å²) in [4.78, 5) is 4.64. The molecule has 0 N–H and O–H groups in total. The Bertz CT molecular complexity index is 648. The lowest BCUT2D eigenvalue weighted by molar-refractivity contribution is 0.171. The van der Waals surface area contributed by atoms with Crippen LogP contribution in [0.15, 0.2) is 16.6 Å². The second-order valence-electron chi connectivity index (χ2n) is 5.45. The van der Waals surface area contributed by atoms with Gasteiger partial charge in [0.1, 0.15) is 10.8 Å². The second-order valence-corrected chi connectivity index (χ2v) is 8.08. The van der Waals surface area contributed by atoms with E-state index in [9.17, 15) is 0 Å². The van der Waals surface area contributed by atoms with Gasteiger partial charge in [0.25, 0.3) is 0 Å². The fourth-order valence-electron chi connectivity index (χ4n) is 2.70. The Morgan fingerprint density at radius 3 is 3.04 bits per heavy atom. The van der Waals surface area contributed by atoms with Gasteiger partial charge in [-0.1, -0.05) is 23.1 Å². The number of hydrogen-bond donors (Lipinski definition) is 0. The van der Waals surface area contributed by atoms with E-state index in [1.54, 1.807) is 30.2 Å². The lowest BCUT2D eigenvalue weighted by Gasteiger charge is -2.24. The molecule has 2 aromatic heterocycles. The summed E-state index contributed by atoms with van der Waals surface area (Å²) in [6.45, 7) is 3.39. The number of ether oxygens (including phenoxy) is 2. The molecule has 0 bridgehead atoms. The van der Waals surface area contributed by atoms with Gasteiger partial charge in [-0.3, -0.25) is 4.98 Å². The molecule has 2 aromatic rings. The van der Waals surface area contributed by atoms with Gasteiger partial charge in [0.2, 0.25) is 0 Å². The summed E-state index contributed by atoms with van der Waals surface area (Å²) in [7, 11) is 1.71. The minimum absolute atomic E-state index is 0.341. The number of aromatic nitrogens is 3. The summed E-state index contributed by atoms with van der Waals surface area (Å²) in [6.07, 6.45) is 6.07. The number of aryl methyl sites for hydroxylation is 1. The van der Waals surface area contributed by atoms with E-state index in [1.165, 1.54) is 5.56 Å². The summed E-state index contributed by atoms with van der Waals surface area (Å²) >= 11 is 3.42. The van der Waals surface area contributed by atoms with Crippen molar-refractivity contribution in [2.45, 2.75) is 42.2 Å². The maximum atomic E-state index is 5.95. The first kappa shape index (κ1) is 16.7. The molecule has 2 heterocycles. The number of pyridine rings is 1. The van der Waals surface area contributed by atoms with Gasteiger partial charge in [0, 0.05) is 31.9 Å². The Hall–Kier alpha value is -1.18. The van der Waals surface area contributed by atoms with Crippen LogP contribution in [0.25, 0.3) is 0 Å². The molecule has 0 aromatic carbocycles. The van der Waals surface area contributed by atoms with Crippen LogP contribution in [0.1, 0.15) is 40.8 Å². The van der Waals surface area contributed by atoms with Crippen molar-refractivity contribution >= 4 is 23.1 Å². The van der Waals surface area contributed by atoms with Gasteiger partial charge in [-0.2, -0.15) is 0 Å². The van der Waals surface area contributed by atoms with Crippen LogP contribution in [0, 0.1) is 6.92 Å². The van der Waals surface area contributed by atoms with Gasteiger partial charge in [0.15, 0.2) is 4.34 Å². The first-order valence-electron chi connectivity index (χ1n) is 7.84. The van der Waals surface area contributed by atoms with Crippen molar-refractivity contribution in [1.82, 2.24) is 15.2 Å². The summed E-state index contributed by atoms with van der Waals surface area (Å²) in [5, 5.41) is 9.69. The molecule has 3 rings (SSSR count). The molecule has 124 valence electrons. The van der Waals surface area contributed by atoms with Crippen molar-refractivity contribution in [2.75, 3.05) is 20.3 Å². The Morgan fingerprint density at radius 1 is 1.35 bits per heavy atom. The van der Waals surface area contributed by atoms with Gasteiger partial charge >= 0.3 is 0 Å². The van der Waals surface area contributed by atoms with Crippen molar-refractivity contribution in [3.05, 3.63) is 28.5 Å². The van der Waals surface area contributed by atoms with E-state index in [1.807, 2.05) is 19.2 Å². The van der Waals surface area contributed by atoms with Gasteiger partial charge < -0.3 is 9.47 Å². The largest absolute Gasteiger partial charge is 0.493 e. The SMILES string of the molecule is COCCCOc1ccnc2c1CCCC2Sc1nnc(C)s1. The van der Waals surface area contributed by atoms with Crippen molar-refractivity contribution in [1.29, 1.82) is 0 Å². The zero-order chi connectivity index (χ0) is 16.1. The van der Waals surface area contributed by atoms with Crippen LogP contribution < -0.4 is 4.74 Å². The quantitative estimate of drug-likeness (QED) is 0.707. The summed E-state index contributed by atoms with van der Waals surface area (Å²) < 4.78 is 12.0. The molecule has 23 heavy (non-hydrogen) atoms. The molecule has 0 radical (unpaired) electrons. The van der Waals surface area contributed by atoms with Crippen LogP contribution in [0.2, 0.25) is 0 Å². The molecule has 5 nitrogen and oxygen atoms in total. The van der Waals surface area contributed by atoms with E-state index < -0.39 is 0 Å². The van der Waals surface area contributed by atoms with E-state index >= 15 is 0 Å². The molecule has 7 heteroatoms. The number of hydrogen-bond acceptors (Lipinski definition) is 7. The molecule has 0 fully saturated rings. The average molecular weight is 351 g/mol. The second kappa shape index (κ2) is 8.08. The summed E-state index contributed by atoms with van der Waals surface area (Å²) in [5.74, 6) is 0.977. The van der Waals surface area contributed by atoms with Crippen molar-refractivity contribution in [3.8, 4) is 5.75 Å². The average Bonchev–Trinajstić information content (AvgIpc) is 2.97. The van der Waals surface area contributed by atoms with Gasteiger partial charge in [-0.05, 0) is 32.3 Å². The minimum atomic E-state index is 0.341. The van der Waals surface area contributed by atoms with Crippen molar-refractivity contribution < 1.29 is 9.47 Å². The van der Waals surface area contributed by atoms with Crippen LogP contribution in [0.4, 0.5) is 0 Å². The molecule has 0 aliphatic heterocycles. The Balaban J connectivity index is 1.73. The number of rotatable bonds is 7. The highest BCUT2D eigenvalue weighted by Gasteiger charge is 2.26. The predicted octanol–water partition coefficient (Wildman–Crippen LogP) is 3.83. The van der Waals surface area contributed by atoms with Crippen molar-refractivity contribution in [3.63, 3.8) is 0 Å². The smallest absolute Gasteiger partial charge is 0.174 e. The van der Waals surface area contributed by atoms with E-state index in [0.29, 0.717) is 11.9 Å². The molecule has 1 unspecified atom stereocenters. The van der Waals surface area contributed by atoms with Crippen LogP contribution >= 0.6 is 23.1 Å². The fourth-order valence-corrected chi connectivity index (χ4v) is 4.95. The Kier molecular flexibility index (Phi) is 5.85. The maximum absolute atomic E-state index is 5.95. The Morgan fingerprint density at radius 2 is 2.26 bits per heavy atom. The molecule has 1 aliphatic rings. The van der Waals surface area contributed by atoms with Crippen LogP contribution in [-0.2, 0) is 11.2 Å². The topological polar surface area (TPSA) is 57.1 Å². The van der Waals surface area contributed by atoms with E-state index in [0.717, 1.165) is 53.1 Å². The molecule has 0 saturated heterocycles. The first-order chi connectivity index (χ1) is 11.3. The monoisotopic (exact) mass is 351 g/mol. The third-order valence-corrected chi connectivity index (χ3v) is 5.94. The third kappa shape index (κ3) is 4.22. The number of fused-ring (bicyclic) bond motifs is 1. The number of methoxy groups -OCH3 is 1. The van der Waals surface area contributed by atoms with E-state index in [4.69, 9.17) is 9.47 Å². The zero-order valence-electron chi connectivity index (χ0n) is 13.4. The maximum Gasteiger partial charge on any atom is 0.174 e. The van der Waals surface area contributed by atoms with E-state index in [2.05, 4.69) is 15.2 Å². The molecule has 1 atom stereocenters. The minimum Gasteiger partial charge on any atom is -0.493 e. The summed E-state index contributed by atoms with van der Waals surface area (Å²) in [5.41, 5.74) is 2.41. The molecular weight excluding hydrogens is 330 g/mol. The molecule has 0 saturated carbocycles. The van der Waals surface area contributed by atoms with Crippen LogP contribution in [0.3, 0.4) is 0 Å². The van der Waals surface area contributed by atoms with Gasteiger partial charge in [-0.25, -0.2) is 0 Å². The normalized spacial score (nSPS) is 17.0. The Labute approximate surface area is 144 Å². The molecule has 0 spiro atoms. The van der Waals surface area contributed by atoms with Crippen molar-refractivity contribution in [2.24, 2.45) is 0 Å². The highest BCUT2D eigenvalue weighted by atomic mass is 32.2. The number of thioether (sulfide) groups is 1. The standard InChI is InChI=1S/C16H21N3O2S2/c1-11-18-19-16(22-11)23-14-6-3-5-12-13(7-8-17-15(12)14)21-10-4-9-20-2/h7-8,14H,3-6,9-10H2,1-2H3.